The molecule has 0 rings (SSSR count). The van der Waals surface area contributed by atoms with Gasteiger partial charge in [-0.25, -0.2) is 0 Å². The monoisotopic (exact) mass is 492 g/mol. The van der Waals surface area contributed by atoms with Crippen LogP contribution < -0.4 is 0 Å². The van der Waals surface area contributed by atoms with E-state index in [4.69, 9.17) is 20.1 Å². The first-order valence-electron chi connectivity index (χ1n) is 13.3. The molecule has 0 aliphatic carbocycles. The van der Waals surface area contributed by atoms with Crippen LogP contribution in [0.25, 0.3) is 0 Å². The lowest BCUT2D eigenvalue weighted by atomic mass is 9.94. The van der Waals surface area contributed by atoms with Gasteiger partial charge in [-0.2, -0.15) is 0 Å². The average molecular weight is 493 g/mol. The molecule has 3 unspecified atom stereocenters. The molecule has 0 radical (unpaired) electrons. The van der Waals surface area contributed by atoms with Crippen molar-refractivity contribution in [2.45, 2.75) is 129 Å². The van der Waals surface area contributed by atoms with E-state index in [1.807, 2.05) is 0 Å². The number of aliphatic carboxylic acids is 1. The topological polar surface area (TPSA) is 145 Å². The molecule has 3 atom stereocenters. The number of aliphatic hydroxyl groups is 4. The fourth-order valence-corrected chi connectivity index (χ4v) is 3.49. The van der Waals surface area contributed by atoms with Gasteiger partial charge in [-0.05, 0) is 19.3 Å². The SMILES string of the molecule is CCCCCCCC(=O)O.CCCCCCCCCCC(CC(O)CO)C(=O)OCC(O)CO. The standard InChI is InChI=1S/C18H36O6.C8H16O2/c1-2-3-4-5-6-7-8-9-10-15(11-16(21)12-19)18(23)24-14-17(22)13-20;1-2-3-4-5-6-7-8(9)10/h15-17,19-22H,2-14H2,1H3;2-7H2,1H3,(H,9,10). The number of ether oxygens (including phenoxy) is 1. The number of aliphatic hydroxyl groups excluding tert-OH is 4. The van der Waals surface area contributed by atoms with Crippen LogP contribution in [0.1, 0.15) is 117 Å². The number of rotatable bonds is 22. The van der Waals surface area contributed by atoms with Gasteiger partial charge in [0, 0.05) is 6.42 Å². The van der Waals surface area contributed by atoms with E-state index in [-0.39, 0.29) is 19.6 Å². The van der Waals surface area contributed by atoms with E-state index < -0.39 is 36.7 Å². The summed E-state index contributed by atoms with van der Waals surface area (Å²) in [6, 6.07) is 0. The molecule has 0 spiro atoms. The molecule has 0 fully saturated rings. The molecule has 0 bridgehead atoms. The third-order valence-electron chi connectivity index (χ3n) is 5.63. The highest BCUT2D eigenvalue weighted by atomic mass is 16.5. The molecule has 0 saturated carbocycles. The van der Waals surface area contributed by atoms with Crippen molar-refractivity contribution >= 4 is 11.9 Å². The van der Waals surface area contributed by atoms with Crippen molar-refractivity contribution in [3.8, 4) is 0 Å². The van der Waals surface area contributed by atoms with E-state index in [9.17, 15) is 19.8 Å². The lowest BCUT2D eigenvalue weighted by molar-refractivity contribution is -0.154. The van der Waals surface area contributed by atoms with Crippen LogP contribution in [0, 0.1) is 5.92 Å². The number of hydrogen-bond donors (Lipinski definition) is 5. The number of carbonyl (C=O) groups excluding carboxylic acids is 1. The largest absolute Gasteiger partial charge is 0.481 e. The summed E-state index contributed by atoms with van der Waals surface area (Å²) in [7, 11) is 0. The molecule has 8 heteroatoms. The predicted molar refractivity (Wildman–Crippen MR) is 133 cm³/mol. The van der Waals surface area contributed by atoms with Gasteiger partial charge in [0.15, 0.2) is 0 Å². The van der Waals surface area contributed by atoms with Crippen molar-refractivity contribution in [3.63, 3.8) is 0 Å². The molecule has 0 aliphatic heterocycles. The molecule has 0 aromatic rings. The molecule has 0 amide bonds. The van der Waals surface area contributed by atoms with Crippen molar-refractivity contribution in [2.75, 3.05) is 19.8 Å². The van der Waals surface area contributed by atoms with Crippen molar-refractivity contribution in [1.29, 1.82) is 0 Å². The molecule has 0 aromatic carbocycles. The van der Waals surface area contributed by atoms with Gasteiger partial charge in [-0.15, -0.1) is 0 Å². The fourth-order valence-electron chi connectivity index (χ4n) is 3.49. The Morgan fingerprint density at radius 3 is 1.65 bits per heavy atom. The van der Waals surface area contributed by atoms with E-state index in [0.29, 0.717) is 12.8 Å². The zero-order chi connectivity index (χ0) is 26.0. The summed E-state index contributed by atoms with van der Waals surface area (Å²) in [6.45, 7) is 3.24. The van der Waals surface area contributed by atoms with E-state index in [0.717, 1.165) is 32.1 Å². The Balaban J connectivity index is 0. The first-order valence-corrected chi connectivity index (χ1v) is 13.3. The molecular formula is C26H52O8. The molecule has 204 valence electrons. The minimum Gasteiger partial charge on any atom is -0.481 e. The average Bonchev–Trinajstić information content (AvgIpc) is 2.83. The lowest BCUT2D eigenvalue weighted by Crippen LogP contribution is -2.28. The minimum atomic E-state index is -1.08. The van der Waals surface area contributed by atoms with E-state index in [1.165, 1.54) is 51.4 Å². The summed E-state index contributed by atoms with van der Waals surface area (Å²) >= 11 is 0. The Hall–Kier alpha value is -1.22. The normalized spacial score (nSPS) is 13.5. The van der Waals surface area contributed by atoms with Crippen molar-refractivity contribution < 1.29 is 39.9 Å². The van der Waals surface area contributed by atoms with Gasteiger partial charge in [0.05, 0.1) is 25.2 Å². The van der Waals surface area contributed by atoms with Crippen LogP contribution in [0.4, 0.5) is 0 Å². The summed E-state index contributed by atoms with van der Waals surface area (Å²) < 4.78 is 4.98. The lowest BCUT2D eigenvalue weighted by Gasteiger charge is -2.19. The van der Waals surface area contributed by atoms with Gasteiger partial charge in [0.25, 0.3) is 0 Å². The van der Waals surface area contributed by atoms with Crippen molar-refractivity contribution in [1.82, 2.24) is 0 Å². The van der Waals surface area contributed by atoms with Crippen LogP contribution in [0.5, 0.6) is 0 Å². The summed E-state index contributed by atoms with van der Waals surface area (Å²) in [5, 5.41) is 44.8. The van der Waals surface area contributed by atoms with Gasteiger partial charge in [0.2, 0.25) is 0 Å². The number of unbranched alkanes of at least 4 members (excludes halogenated alkanes) is 11. The summed E-state index contributed by atoms with van der Waals surface area (Å²) in [5.74, 6) is -1.65. The van der Waals surface area contributed by atoms with Crippen molar-refractivity contribution in [2.24, 2.45) is 5.92 Å². The predicted octanol–water partition coefficient (Wildman–Crippen LogP) is 4.20. The first-order chi connectivity index (χ1) is 16.3. The summed E-state index contributed by atoms with van der Waals surface area (Å²) in [5.41, 5.74) is 0. The number of esters is 1. The maximum atomic E-state index is 12.0. The molecule has 5 N–H and O–H groups in total. The van der Waals surface area contributed by atoms with Gasteiger partial charge < -0.3 is 30.3 Å². The van der Waals surface area contributed by atoms with Gasteiger partial charge >= 0.3 is 11.9 Å². The Bertz CT molecular complexity index is 458. The van der Waals surface area contributed by atoms with E-state index >= 15 is 0 Å². The van der Waals surface area contributed by atoms with Crippen molar-refractivity contribution in [3.05, 3.63) is 0 Å². The maximum Gasteiger partial charge on any atom is 0.309 e. The molecule has 0 saturated heterocycles. The zero-order valence-corrected chi connectivity index (χ0v) is 21.6. The molecule has 0 heterocycles. The molecule has 8 nitrogen and oxygen atoms in total. The Kier molecular flexibility index (Phi) is 27.1. The van der Waals surface area contributed by atoms with Crippen LogP contribution in [-0.2, 0) is 14.3 Å². The third-order valence-corrected chi connectivity index (χ3v) is 5.63. The summed E-state index contributed by atoms with van der Waals surface area (Å²) in [6.07, 6.45) is 13.9. The molecule has 0 aliphatic rings. The molecule has 0 aromatic heterocycles. The van der Waals surface area contributed by atoms with Crippen LogP contribution >= 0.6 is 0 Å². The highest BCUT2D eigenvalue weighted by Crippen LogP contribution is 2.19. The molecular weight excluding hydrogens is 440 g/mol. The highest BCUT2D eigenvalue weighted by molar-refractivity contribution is 5.72. The third kappa shape index (κ3) is 25.4. The Labute approximate surface area is 206 Å². The van der Waals surface area contributed by atoms with Crippen LogP contribution in [0.3, 0.4) is 0 Å². The quantitative estimate of drug-likeness (QED) is 0.112. The first kappa shape index (κ1) is 34.9. The fraction of sp³-hybridized carbons (Fsp3) is 0.923. The number of hydrogen-bond acceptors (Lipinski definition) is 7. The Morgan fingerprint density at radius 2 is 1.18 bits per heavy atom. The smallest absolute Gasteiger partial charge is 0.309 e. The van der Waals surface area contributed by atoms with Gasteiger partial charge in [-0.3, -0.25) is 9.59 Å². The van der Waals surface area contributed by atoms with E-state index in [2.05, 4.69) is 13.8 Å². The van der Waals surface area contributed by atoms with E-state index in [1.54, 1.807) is 0 Å². The van der Waals surface area contributed by atoms with Gasteiger partial charge in [-0.1, -0.05) is 90.9 Å². The zero-order valence-electron chi connectivity index (χ0n) is 21.6. The Morgan fingerprint density at radius 1 is 0.706 bits per heavy atom. The number of carboxylic acid groups (broad SMARTS) is 1. The second-order valence-corrected chi connectivity index (χ2v) is 9.06. The minimum absolute atomic E-state index is 0.154. The van der Waals surface area contributed by atoms with Gasteiger partial charge in [0.1, 0.15) is 12.7 Å². The number of carbonyl (C=O) groups is 2. The number of carboxylic acids is 1. The van der Waals surface area contributed by atoms with Crippen LogP contribution in [-0.4, -0.2) is 69.5 Å². The van der Waals surface area contributed by atoms with Crippen LogP contribution in [0.15, 0.2) is 0 Å². The second-order valence-electron chi connectivity index (χ2n) is 9.06. The summed E-state index contributed by atoms with van der Waals surface area (Å²) in [4.78, 5) is 22.1. The maximum absolute atomic E-state index is 12.0. The highest BCUT2D eigenvalue weighted by Gasteiger charge is 2.23. The second kappa shape index (κ2) is 26.4. The molecule has 34 heavy (non-hydrogen) atoms. The van der Waals surface area contributed by atoms with Crippen LogP contribution in [0.2, 0.25) is 0 Å².